The number of benzene rings is 2. The standard InChI is InChI=1S/C15H16N2O2/c1-10-8-12(9-11(2)14(10)16)17-15(18)19-13-6-4-3-5-7-13/h3-9H,16H2,1-2H3,(H,17,18). The zero-order valence-electron chi connectivity index (χ0n) is 10.9. The number of hydrogen-bond acceptors (Lipinski definition) is 3. The zero-order chi connectivity index (χ0) is 13.8. The maximum absolute atomic E-state index is 11.7. The number of nitrogens with two attached hydrogens (primary N) is 1. The Kier molecular flexibility index (Phi) is 3.71. The van der Waals surface area contributed by atoms with Gasteiger partial charge in [-0.1, -0.05) is 18.2 Å². The van der Waals surface area contributed by atoms with Crippen LogP contribution in [-0.4, -0.2) is 6.09 Å². The first-order valence-electron chi connectivity index (χ1n) is 5.97. The van der Waals surface area contributed by atoms with Crippen molar-refractivity contribution in [3.63, 3.8) is 0 Å². The van der Waals surface area contributed by atoms with E-state index in [2.05, 4.69) is 5.32 Å². The topological polar surface area (TPSA) is 64.3 Å². The molecule has 3 N–H and O–H groups in total. The van der Waals surface area contributed by atoms with E-state index in [9.17, 15) is 4.79 Å². The van der Waals surface area contributed by atoms with Crippen molar-refractivity contribution in [3.05, 3.63) is 53.6 Å². The van der Waals surface area contributed by atoms with Crippen LogP contribution in [0.2, 0.25) is 0 Å². The van der Waals surface area contributed by atoms with Gasteiger partial charge in [0.25, 0.3) is 0 Å². The third-order valence-corrected chi connectivity index (χ3v) is 2.79. The minimum atomic E-state index is -0.519. The van der Waals surface area contributed by atoms with Gasteiger partial charge in [-0.25, -0.2) is 4.79 Å². The van der Waals surface area contributed by atoms with Gasteiger partial charge >= 0.3 is 6.09 Å². The quantitative estimate of drug-likeness (QED) is 0.808. The van der Waals surface area contributed by atoms with E-state index in [4.69, 9.17) is 10.5 Å². The van der Waals surface area contributed by atoms with Crippen LogP contribution >= 0.6 is 0 Å². The highest BCUT2D eigenvalue weighted by Crippen LogP contribution is 2.22. The van der Waals surface area contributed by atoms with Crippen LogP contribution in [0.25, 0.3) is 0 Å². The van der Waals surface area contributed by atoms with Gasteiger partial charge in [0.05, 0.1) is 0 Å². The van der Waals surface area contributed by atoms with Gasteiger partial charge < -0.3 is 10.5 Å². The number of carbonyl (C=O) groups is 1. The number of aryl methyl sites for hydroxylation is 2. The van der Waals surface area contributed by atoms with Gasteiger partial charge in [0, 0.05) is 11.4 Å². The SMILES string of the molecule is Cc1cc(NC(=O)Oc2ccccc2)cc(C)c1N. The van der Waals surface area contributed by atoms with Crippen LogP contribution in [0, 0.1) is 13.8 Å². The fourth-order valence-electron chi connectivity index (χ4n) is 1.79. The fourth-order valence-corrected chi connectivity index (χ4v) is 1.79. The molecule has 0 radical (unpaired) electrons. The predicted molar refractivity (Wildman–Crippen MR) is 76.4 cm³/mol. The van der Waals surface area contributed by atoms with Crippen molar-refractivity contribution in [3.8, 4) is 5.75 Å². The average molecular weight is 256 g/mol. The Hall–Kier alpha value is -2.49. The molecule has 0 spiro atoms. The van der Waals surface area contributed by atoms with Crippen molar-refractivity contribution >= 4 is 17.5 Å². The predicted octanol–water partition coefficient (Wildman–Crippen LogP) is 3.50. The smallest absolute Gasteiger partial charge is 0.410 e. The Morgan fingerprint density at radius 1 is 1.11 bits per heavy atom. The van der Waals surface area contributed by atoms with E-state index in [-0.39, 0.29) is 0 Å². The lowest BCUT2D eigenvalue weighted by Crippen LogP contribution is -2.17. The molecule has 1 amide bonds. The fraction of sp³-hybridized carbons (Fsp3) is 0.133. The van der Waals surface area contributed by atoms with Gasteiger partial charge in [-0.05, 0) is 49.2 Å². The van der Waals surface area contributed by atoms with E-state index < -0.39 is 6.09 Å². The zero-order valence-corrected chi connectivity index (χ0v) is 10.9. The monoisotopic (exact) mass is 256 g/mol. The summed E-state index contributed by atoms with van der Waals surface area (Å²) in [6, 6.07) is 12.5. The molecule has 98 valence electrons. The molecule has 0 fully saturated rings. The molecule has 0 saturated heterocycles. The van der Waals surface area contributed by atoms with Crippen molar-refractivity contribution in [2.45, 2.75) is 13.8 Å². The maximum atomic E-state index is 11.7. The molecule has 0 atom stereocenters. The molecule has 0 aliphatic heterocycles. The van der Waals surface area contributed by atoms with Crippen LogP contribution in [0.5, 0.6) is 5.75 Å². The van der Waals surface area contributed by atoms with Crippen molar-refractivity contribution < 1.29 is 9.53 Å². The molecule has 2 rings (SSSR count). The molecule has 4 heteroatoms. The van der Waals surface area contributed by atoms with Crippen LogP contribution in [-0.2, 0) is 0 Å². The Bertz CT molecular complexity index is 571. The highest BCUT2D eigenvalue weighted by molar-refractivity contribution is 5.87. The molecule has 2 aromatic rings. The summed E-state index contributed by atoms with van der Waals surface area (Å²) in [5.74, 6) is 0.504. The van der Waals surface area contributed by atoms with Gasteiger partial charge in [-0.2, -0.15) is 0 Å². The number of carbonyl (C=O) groups excluding carboxylic acids is 1. The molecule has 0 unspecified atom stereocenters. The van der Waals surface area contributed by atoms with Gasteiger partial charge in [0.15, 0.2) is 0 Å². The summed E-state index contributed by atoms with van der Waals surface area (Å²) in [4.78, 5) is 11.7. The Labute approximate surface area is 112 Å². The van der Waals surface area contributed by atoms with Crippen molar-refractivity contribution in [2.24, 2.45) is 0 Å². The first-order valence-corrected chi connectivity index (χ1v) is 5.97. The molecular weight excluding hydrogens is 240 g/mol. The van der Waals surface area contributed by atoms with Gasteiger partial charge in [-0.15, -0.1) is 0 Å². The number of rotatable bonds is 2. The van der Waals surface area contributed by atoms with Crippen LogP contribution < -0.4 is 15.8 Å². The van der Waals surface area contributed by atoms with Crippen molar-refractivity contribution in [1.82, 2.24) is 0 Å². The largest absolute Gasteiger partial charge is 0.417 e. The summed E-state index contributed by atoms with van der Waals surface area (Å²) in [5, 5.41) is 2.68. The highest BCUT2D eigenvalue weighted by Gasteiger charge is 2.07. The molecule has 2 aromatic carbocycles. The third kappa shape index (κ3) is 3.25. The van der Waals surface area contributed by atoms with E-state index in [1.165, 1.54) is 0 Å². The van der Waals surface area contributed by atoms with E-state index >= 15 is 0 Å². The van der Waals surface area contributed by atoms with Crippen molar-refractivity contribution in [2.75, 3.05) is 11.1 Å². The van der Waals surface area contributed by atoms with Crippen LogP contribution in [0.4, 0.5) is 16.2 Å². The minimum absolute atomic E-state index is 0.504. The lowest BCUT2D eigenvalue weighted by atomic mass is 10.1. The summed E-state index contributed by atoms with van der Waals surface area (Å²) in [6.07, 6.45) is -0.519. The van der Waals surface area contributed by atoms with Gasteiger partial charge in [-0.3, -0.25) is 5.32 Å². The summed E-state index contributed by atoms with van der Waals surface area (Å²) < 4.78 is 5.15. The lowest BCUT2D eigenvalue weighted by Gasteiger charge is -2.10. The highest BCUT2D eigenvalue weighted by atomic mass is 16.6. The molecule has 0 aromatic heterocycles. The molecule has 19 heavy (non-hydrogen) atoms. The van der Waals surface area contributed by atoms with E-state index in [0.717, 1.165) is 16.8 Å². The first kappa shape index (κ1) is 13.0. The molecule has 0 aliphatic rings. The Morgan fingerprint density at radius 2 is 1.68 bits per heavy atom. The summed E-state index contributed by atoms with van der Waals surface area (Å²) in [6.45, 7) is 3.80. The molecule has 4 nitrogen and oxygen atoms in total. The molecule has 0 saturated carbocycles. The number of nitrogen functional groups attached to an aromatic ring is 1. The first-order chi connectivity index (χ1) is 9.06. The van der Waals surface area contributed by atoms with Crippen LogP contribution in [0.1, 0.15) is 11.1 Å². The van der Waals surface area contributed by atoms with E-state index in [0.29, 0.717) is 11.4 Å². The van der Waals surface area contributed by atoms with Crippen molar-refractivity contribution in [1.29, 1.82) is 0 Å². The number of para-hydroxylation sites is 1. The van der Waals surface area contributed by atoms with Gasteiger partial charge in [0.1, 0.15) is 5.75 Å². The second-order valence-corrected chi connectivity index (χ2v) is 4.35. The van der Waals surface area contributed by atoms with Crippen LogP contribution in [0.3, 0.4) is 0 Å². The van der Waals surface area contributed by atoms with E-state index in [1.54, 1.807) is 24.3 Å². The lowest BCUT2D eigenvalue weighted by molar-refractivity contribution is 0.215. The molecule has 0 bridgehead atoms. The Balaban J connectivity index is 2.07. The van der Waals surface area contributed by atoms with Gasteiger partial charge in [0.2, 0.25) is 0 Å². The number of anilines is 2. The number of amides is 1. The summed E-state index contributed by atoms with van der Waals surface area (Å²) in [5.41, 5.74) is 9.12. The Morgan fingerprint density at radius 3 is 2.26 bits per heavy atom. The minimum Gasteiger partial charge on any atom is -0.410 e. The third-order valence-electron chi connectivity index (χ3n) is 2.79. The number of ether oxygens (including phenoxy) is 1. The number of hydrogen-bond donors (Lipinski definition) is 2. The second-order valence-electron chi connectivity index (χ2n) is 4.35. The summed E-state index contributed by atoms with van der Waals surface area (Å²) in [7, 11) is 0. The molecule has 0 aliphatic carbocycles. The van der Waals surface area contributed by atoms with Crippen LogP contribution in [0.15, 0.2) is 42.5 Å². The number of nitrogens with one attached hydrogen (secondary N) is 1. The maximum Gasteiger partial charge on any atom is 0.417 e. The molecular formula is C15H16N2O2. The second kappa shape index (κ2) is 5.44. The average Bonchev–Trinajstić information content (AvgIpc) is 2.37. The molecule has 0 heterocycles. The normalized spacial score (nSPS) is 10.0. The van der Waals surface area contributed by atoms with E-state index in [1.807, 2.05) is 32.0 Å². The summed E-state index contributed by atoms with van der Waals surface area (Å²) >= 11 is 0.